The summed E-state index contributed by atoms with van der Waals surface area (Å²) >= 11 is 0. The van der Waals surface area contributed by atoms with Gasteiger partial charge in [0.25, 0.3) is 0 Å². The van der Waals surface area contributed by atoms with Crippen LogP contribution in [-0.4, -0.2) is 45.0 Å². The molecule has 0 aromatic carbocycles. The molecule has 0 heterocycles. The fourth-order valence-corrected chi connectivity index (χ4v) is 0.725. The molecule has 0 fully saturated rings. The number of hydrogen-bond acceptors (Lipinski definition) is 5. The van der Waals surface area contributed by atoms with E-state index in [1.165, 1.54) is 13.8 Å². The van der Waals surface area contributed by atoms with Gasteiger partial charge in [-0.1, -0.05) is 0 Å². The number of rotatable bonds is 4. The van der Waals surface area contributed by atoms with Crippen LogP contribution in [0.5, 0.6) is 0 Å². The van der Waals surface area contributed by atoms with Gasteiger partial charge in [0.2, 0.25) is 0 Å². The van der Waals surface area contributed by atoms with Crippen LogP contribution in [-0.2, 0) is 4.79 Å². The third kappa shape index (κ3) is 3.14. The van der Waals surface area contributed by atoms with Gasteiger partial charge in [0.1, 0.15) is 24.1 Å². The van der Waals surface area contributed by atoms with Gasteiger partial charge in [-0.25, -0.2) is 0 Å². The average molecular weight is 190 g/mol. The number of aliphatic hydroxyl groups is 4. The Morgan fingerprint density at radius 2 is 1.69 bits per heavy atom. The van der Waals surface area contributed by atoms with Crippen molar-refractivity contribution in [2.75, 3.05) is 0 Å². The Hall–Kier alpha value is -0.910. The van der Waals surface area contributed by atoms with E-state index in [4.69, 9.17) is 15.3 Å². The summed E-state index contributed by atoms with van der Waals surface area (Å²) in [5.74, 6) is -0.437. The Labute approximate surface area is 75.9 Å². The number of carbonyl (C=O) groups excluding carboxylic acids is 1. The quantitative estimate of drug-likeness (QED) is 0.341. The first kappa shape index (κ1) is 12.1. The number of aliphatic hydroxyl groups excluding tert-OH is 4. The third-order valence-corrected chi connectivity index (χ3v) is 1.61. The zero-order valence-corrected chi connectivity index (χ0v) is 7.51. The first-order valence-corrected chi connectivity index (χ1v) is 3.77. The number of aldehydes is 1. The van der Waals surface area contributed by atoms with Gasteiger partial charge in [-0.05, 0) is 19.4 Å². The molecule has 0 spiro atoms. The van der Waals surface area contributed by atoms with E-state index in [-0.39, 0.29) is 6.29 Å². The second-order valence-corrected chi connectivity index (χ2v) is 2.95. The van der Waals surface area contributed by atoms with Crippen LogP contribution in [0.2, 0.25) is 0 Å². The summed E-state index contributed by atoms with van der Waals surface area (Å²) in [6.07, 6.45) is -4.94. The van der Waals surface area contributed by atoms with Crippen LogP contribution in [0.4, 0.5) is 0 Å². The van der Waals surface area contributed by atoms with E-state index >= 15 is 0 Å². The van der Waals surface area contributed by atoms with Crippen molar-refractivity contribution in [3.8, 4) is 0 Å². The van der Waals surface area contributed by atoms with Gasteiger partial charge in [-0.2, -0.15) is 0 Å². The van der Waals surface area contributed by atoms with Gasteiger partial charge in [-0.3, -0.25) is 0 Å². The minimum absolute atomic E-state index is 0.0894. The molecule has 0 unspecified atom stereocenters. The Morgan fingerprint density at radius 1 is 1.23 bits per heavy atom. The van der Waals surface area contributed by atoms with Gasteiger partial charge in [-0.15, -0.1) is 0 Å². The summed E-state index contributed by atoms with van der Waals surface area (Å²) in [5.41, 5.74) is 0.407. The van der Waals surface area contributed by atoms with Crippen molar-refractivity contribution >= 4 is 6.29 Å². The SMILES string of the molecule is CC(C)=C(O)[C@H](O)[C@H](O)[C@@H](O)C=O. The van der Waals surface area contributed by atoms with E-state index in [1.54, 1.807) is 0 Å². The lowest BCUT2D eigenvalue weighted by atomic mass is 10.1. The number of hydrogen-bond donors (Lipinski definition) is 4. The molecule has 4 N–H and O–H groups in total. The first-order valence-electron chi connectivity index (χ1n) is 3.77. The lowest BCUT2D eigenvalue weighted by Gasteiger charge is -2.19. The molecule has 0 bridgehead atoms. The van der Waals surface area contributed by atoms with Crippen LogP contribution in [0.3, 0.4) is 0 Å². The molecule has 3 atom stereocenters. The Kier molecular flexibility index (Phi) is 4.61. The minimum atomic E-state index is -1.70. The van der Waals surface area contributed by atoms with Gasteiger partial charge in [0.15, 0.2) is 6.29 Å². The normalized spacial score (nSPS) is 17.3. The Balaban J connectivity index is 4.51. The summed E-state index contributed by atoms with van der Waals surface area (Å²) in [6, 6.07) is 0. The lowest BCUT2D eigenvalue weighted by molar-refractivity contribution is -0.125. The Morgan fingerprint density at radius 3 is 2.00 bits per heavy atom. The van der Waals surface area contributed by atoms with E-state index in [0.29, 0.717) is 5.57 Å². The van der Waals surface area contributed by atoms with Crippen molar-refractivity contribution in [2.45, 2.75) is 32.2 Å². The first-order chi connectivity index (χ1) is 5.91. The molecule has 0 saturated heterocycles. The molecule has 0 saturated carbocycles. The minimum Gasteiger partial charge on any atom is -0.510 e. The van der Waals surface area contributed by atoms with Crippen molar-refractivity contribution in [1.82, 2.24) is 0 Å². The van der Waals surface area contributed by atoms with Crippen LogP contribution in [0.15, 0.2) is 11.3 Å². The van der Waals surface area contributed by atoms with Crippen molar-refractivity contribution in [2.24, 2.45) is 0 Å². The third-order valence-electron chi connectivity index (χ3n) is 1.61. The number of allylic oxidation sites excluding steroid dienone is 1. The molecule has 0 aliphatic heterocycles. The smallest absolute Gasteiger partial charge is 0.151 e. The molecule has 0 aliphatic rings. The van der Waals surface area contributed by atoms with E-state index < -0.39 is 24.1 Å². The fraction of sp³-hybridized carbons (Fsp3) is 0.625. The zero-order chi connectivity index (χ0) is 10.6. The molecule has 0 rings (SSSR count). The maximum Gasteiger partial charge on any atom is 0.151 e. The van der Waals surface area contributed by atoms with Gasteiger partial charge < -0.3 is 25.2 Å². The largest absolute Gasteiger partial charge is 0.510 e. The predicted octanol–water partition coefficient (Wildman–Crippen LogP) is -0.880. The summed E-state index contributed by atoms with van der Waals surface area (Å²) in [7, 11) is 0. The van der Waals surface area contributed by atoms with Crippen LogP contribution in [0.25, 0.3) is 0 Å². The highest BCUT2D eigenvalue weighted by atomic mass is 16.4. The molecule has 0 amide bonds. The average Bonchev–Trinajstić information content (AvgIpc) is 2.12. The molecule has 5 nitrogen and oxygen atoms in total. The van der Waals surface area contributed by atoms with E-state index in [0.717, 1.165) is 0 Å². The van der Waals surface area contributed by atoms with E-state index in [9.17, 15) is 9.90 Å². The molecule has 76 valence electrons. The summed E-state index contributed by atoms with van der Waals surface area (Å²) < 4.78 is 0. The topological polar surface area (TPSA) is 98.0 Å². The highest BCUT2D eigenvalue weighted by Crippen LogP contribution is 2.10. The molecule has 0 aromatic heterocycles. The summed E-state index contributed by atoms with van der Waals surface area (Å²) in [4.78, 5) is 10.0. The predicted molar refractivity (Wildman–Crippen MR) is 45.1 cm³/mol. The van der Waals surface area contributed by atoms with Gasteiger partial charge in [0.05, 0.1) is 0 Å². The zero-order valence-electron chi connectivity index (χ0n) is 7.51. The Bertz CT molecular complexity index is 207. The second kappa shape index (κ2) is 4.96. The van der Waals surface area contributed by atoms with Crippen LogP contribution in [0, 0.1) is 0 Å². The van der Waals surface area contributed by atoms with Crippen molar-refractivity contribution in [3.63, 3.8) is 0 Å². The van der Waals surface area contributed by atoms with Crippen LogP contribution < -0.4 is 0 Å². The molecule has 13 heavy (non-hydrogen) atoms. The lowest BCUT2D eigenvalue weighted by Crippen LogP contribution is -2.39. The van der Waals surface area contributed by atoms with E-state index in [2.05, 4.69) is 0 Å². The van der Waals surface area contributed by atoms with Crippen LogP contribution >= 0.6 is 0 Å². The molecular weight excluding hydrogens is 176 g/mol. The summed E-state index contributed by atoms with van der Waals surface area (Å²) in [5, 5.41) is 36.2. The standard InChI is InChI=1S/C8H14O5/c1-4(2)6(11)8(13)7(12)5(10)3-9/h3,5,7-8,10-13H,1-2H3/t5-,7+,8-/m0/s1. The van der Waals surface area contributed by atoms with Crippen LogP contribution in [0.1, 0.15) is 13.8 Å². The number of carbonyl (C=O) groups is 1. The molecule has 5 heteroatoms. The van der Waals surface area contributed by atoms with Crippen molar-refractivity contribution in [1.29, 1.82) is 0 Å². The maximum absolute atomic E-state index is 10.0. The monoisotopic (exact) mass is 190 g/mol. The highest BCUT2D eigenvalue weighted by Gasteiger charge is 2.27. The van der Waals surface area contributed by atoms with Gasteiger partial charge >= 0.3 is 0 Å². The second-order valence-electron chi connectivity index (χ2n) is 2.95. The summed E-state index contributed by atoms with van der Waals surface area (Å²) in [6.45, 7) is 3.05. The molecule has 0 radical (unpaired) electrons. The molecule has 0 aliphatic carbocycles. The fourth-order valence-electron chi connectivity index (χ4n) is 0.725. The van der Waals surface area contributed by atoms with Crippen molar-refractivity contribution in [3.05, 3.63) is 11.3 Å². The highest BCUT2D eigenvalue weighted by molar-refractivity contribution is 5.56. The van der Waals surface area contributed by atoms with Crippen molar-refractivity contribution < 1.29 is 25.2 Å². The van der Waals surface area contributed by atoms with Gasteiger partial charge in [0, 0.05) is 0 Å². The molecule has 0 aromatic rings. The maximum atomic E-state index is 10.0. The molecular formula is C8H14O5. The van der Waals surface area contributed by atoms with E-state index in [1.807, 2.05) is 0 Å².